The lowest BCUT2D eigenvalue weighted by molar-refractivity contribution is 0.286. The molecular weight excluding hydrogens is 250 g/mol. The minimum absolute atomic E-state index is 0.132. The Bertz CT molecular complexity index is 719. The zero-order valence-corrected chi connectivity index (χ0v) is 12.0. The molecule has 2 aromatic rings. The van der Waals surface area contributed by atoms with Crippen molar-refractivity contribution in [3.05, 3.63) is 33.4 Å². The second kappa shape index (κ2) is 4.21. The van der Waals surface area contributed by atoms with Gasteiger partial charge in [0.2, 0.25) is 0 Å². The van der Waals surface area contributed by atoms with Gasteiger partial charge < -0.3 is 0 Å². The highest BCUT2D eigenvalue weighted by Gasteiger charge is 2.42. The lowest BCUT2D eigenvalue weighted by Gasteiger charge is -2.33. The molecule has 20 heavy (non-hydrogen) atoms. The van der Waals surface area contributed by atoms with Crippen LogP contribution < -0.4 is 5.56 Å². The first-order valence-corrected chi connectivity index (χ1v) is 7.87. The molecular formula is C16H21N3O. The molecule has 0 radical (unpaired) electrons. The standard InChI is InChI=1S/C16H21N3O/c1-2-11-10-17-19-14(11)18-13-12(15(19)20)6-9-16(13)7-4-3-5-8-16/h10,17H,2-9H2,1H3. The molecule has 0 atom stereocenters. The number of hydrogen-bond donors (Lipinski definition) is 1. The minimum atomic E-state index is 0.132. The van der Waals surface area contributed by atoms with Gasteiger partial charge in [-0.25, -0.2) is 9.50 Å². The van der Waals surface area contributed by atoms with E-state index in [1.54, 1.807) is 4.52 Å². The van der Waals surface area contributed by atoms with Crippen LogP contribution in [0.2, 0.25) is 0 Å². The Morgan fingerprint density at radius 2 is 2.10 bits per heavy atom. The predicted molar refractivity (Wildman–Crippen MR) is 78.3 cm³/mol. The molecule has 106 valence electrons. The van der Waals surface area contributed by atoms with Gasteiger partial charge in [-0.1, -0.05) is 26.2 Å². The Labute approximate surface area is 118 Å². The second-order valence-corrected chi connectivity index (χ2v) is 6.40. The first-order valence-electron chi connectivity index (χ1n) is 7.87. The van der Waals surface area contributed by atoms with E-state index in [1.165, 1.54) is 32.1 Å². The Hall–Kier alpha value is -1.58. The fraction of sp³-hybridized carbons (Fsp3) is 0.625. The molecule has 1 saturated carbocycles. The van der Waals surface area contributed by atoms with Gasteiger partial charge in [-0.3, -0.25) is 9.89 Å². The number of rotatable bonds is 1. The van der Waals surface area contributed by atoms with Crippen molar-refractivity contribution in [3.63, 3.8) is 0 Å². The highest BCUT2D eigenvalue weighted by molar-refractivity contribution is 5.50. The molecule has 1 spiro atoms. The van der Waals surface area contributed by atoms with Gasteiger partial charge in [0.1, 0.15) is 0 Å². The molecule has 0 unspecified atom stereocenters. The van der Waals surface area contributed by atoms with E-state index < -0.39 is 0 Å². The second-order valence-electron chi connectivity index (χ2n) is 6.40. The van der Waals surface area contributed by atoms with Crippen LogP contribution in [0.1, 0.15) is 62.3 Å². The SMILES string of the molecule is CCc1c[nH]n2c(=O)c3c(nc12)C1(CCCCC1)CC3. The van der Waals surface area contributed by atoms with Crippen LogP contribution in [0.5, 0.6) is 0 Å². The van der Waals surface area contributed by atoms with E-state index >= 15 is 0 Å². The van der Waals surface area contributed by atoms with Crippen LogP contribution in [0.4, 0.5) is 0 Å². The molecule has 4 nitrogen and oxygen atoms in total. The summed E-state index contributed by atoms with van der Waals surface area (Å²) in [6.45, 7) is 2.11. The lowest BCUT2D eigenvalue weighted by Crippen LogP contribution is -2.29. The van der Waals surface area contributed by atoms with Gasteiger partial charge in [0, 0.05) is 22.7 Å². The van der Waals surface area contributed by atoms with Crippen molar-refractivity contribution >= 4 is 5.65 Å². The summed E-state index contributed by atoms with van der Waals surface area (Å²) in [4.78, 5) is 17.6. The van der Waals surface area contributed by atoms with Gasteiger partial charge >= 0.3 is 0 Å². The van der Waals surface area contributed by atoms with Crippen LogP contribution in [-0.2, 0) is 18.3 Å². The van der Waals surface area contributed by atoms with E-state index in [0.717, 1.165) is 41.7 Å². The zero-order chi connectivity index (χ0) is 13.7. The minimum Gasteiger partial charge on any atom is -0.297 e. The van der Waals surface area contributed by atoms with E-state index in [2.05, 4.69) is 12.0 Å². The van der Waals surface area contributed by atoms with Gasteiger partial charge in [0.15, 0.2) is 5.65 Å². The summed E-state index contributed by atoms with van der Waals surface area (Å²) in [5, 5.41) is 3.07. The number of nitrogens with one attached hydrogen (secondary N) is 1. The van der Waals surface area contributed by atoms with Crippen LogP contribution in [0.3, 0.4) is 0 Å². The molecule has 4 rings (SSSR count). The molecule has 4 heteroatoms. The van der Waals surface area contributed by atoms with Crippen LogP contribution >= 0.6 is 0 Å². The van der Waals surface area contributed by atoms with Crippen molar-refractivity contribution in [2.75, 3.05) is 0 Å². The van der Waals surface area contributed by atoms with Gasteiger partial charge in [0.25, 0.3) is 5.56 Å². The summed E-state index contributed by atoms with van der Waals surface area (Å²) < 4.78 is 1.64. The predicted octanol–water partition coefficient (Wildman–Crippen LogP) is 2.73. The topological polar surface area (TPSA) is 50.2 Å². The summed E-state index contributed by atoms with van der Waals surface area (Å²) in [6, 6.07) is 0. The van der Waals surface area contributed by atoms with E-state index in [4.69, 9.17) is 4.98 Å². The van der Waals surface area contributed by atoms with Crippen molar-refractivity contribution in [1.82, 2.24) is 14.6 Å². The quantitative estimate of drug-likeness (QED) is 0.867. The average Bonchev–Trinajstić information content (AvgIpc) is 3.04. The summed E-state index contributed by atoms with van der Waals surface area (Å²) in [5.74, 6) is 0. The molecule has 0 aromatic carbocycles. The van der Waals surface area contributed by atoms with Gasteiger partial charge in [-0.05, 0) is 32.1 Å². The Balaban J connectivity index is 1.98. The summed E-state index contributed by atoms with van der Waals surface area (Å²) in [5.41, 5.74) is 4.44. The summed E-state index contributed by atoms with van der Waals surface area (Å²) >= 11 is 0. The number of aryl methyl sites for hydroxylation is 1. The number of fused-ring (bicyclic) bond motifs is 3. The monoisotopic (exact) mass is 271 g/mol. The third-order valence-electron chi connectivity index (χ3n) is 5.38. The molecule has 0 bridgehead atoms. The number of hydrogen-bond acceptors (Lipinski definition) is 2. The van der Waals surface area contributed by atoms with Gasteiger partial charge in [-0.2, -0.15) is 0 Å². The molecule has 2 aliphatic carbocycles. The molecule has 2 aromatic heterocycles. The van der Waals surface area contributed by atoms with E-state index in [9.17, 15) is 4.79 Å². The van der Waals surface area contributed by atoms with E-state index in [0.29, 0.717) is 0 Å². The number of aromatic amines is 1. The molecule has 0 amide bonds. The smallest absolute Gasteiger partial charge is 0.276 e. The normalized spacial score (nSPS) is 20.6. The summed E-state index contributed by atoms with van der Waals surface area (Å²) in [7, 11) is 0. The maximum absolute atomic E-state index is 12.7. The highest BCUT2D eigenvalue weighted by Crippen LogP contribution is 2.47. The zero-order valence-electron chi connectivity index (χ0n) is 12.0. The highest BCUT2D eigenvalue weighted by atomic mass is 16.1. The molecule has 0 aliphatic heterocycles. The first kappa shape index (κ1) is 12.2. The lowest BCUT2D eigenvalue weighted by atomic mass is 9.72. The Morgan fingerprint density at radius 3 is 2.85 bits per heavy atom. The number of aromatic nitrogens is 3. The molecule has 0 saturated heterocycles. The van der Waals surface area contributed by atoms with Crippen LogP contribution in [-0.4, -0.2) is 14.6 Å². The van der Waals surface area contributed by atoms with Gasteiger partial charge in [0.05, 0.1) is 5.69 Å². The maximum atomic E-state index is 12.7. The Morgan fingerprint density at radius 1 is 1.30 bits per heavy atom. The van der Waals surface area contributed by atoms with Crippen LogP contribution in [0.15, 0.2) is 11.0 Å². The molecule has 2 aliphatic rings. The number of nitrogens with zero attached hydrogens (tertiary/aromatic N) is 2. The first-order chi connectivity index (χ1) is 9.75. The fourth-order valence-electron chi connectivity index (χ4n) is 4.22. The molecule has 1 fully saturated rings. The summed E-state index contributed by atoms with van der Waals surface area (Å²) in [6.07, 6.45) is 11.2. The van der Waals surface area contributed by atoms with Crippen molar-refractivity contribution in [1.29, 1.82) is 0 Å². The van der Waals surface area contributed by atoms with Crippen molar-refractivity contribution in [2.45, 2.75) is 63.7 Å². The van der Waals surface area contributed by atoms with Crippen LogP contribution in [0, 0.1) is 0 Å². The van der Waals surface area contributed by atoms with Crippen LogP contribution in [0.25, 0.3) is 5.65 Å². The Kier molecular flexibility index (Phi) is 2.56. The van der Waals surface area contributed by atoms with Crippen molar-refractivity contribution < 1.29 is 0 Å². The van der Waals surface area contributed by atoms with Crippen molar-refractivity contribution in [2.24, 2.45) is 0 Å². The third kappa shape index (κ3) is 1.48. The number of H-pyrrole nitrogens is 1. The molecule has 1 N–H and O–H groups in total. The van der Waals surface area contributed by atoms with E-state index in [-0.39, 0.29) is 11.0 Å². The van der Waals surface area contributed by atoms with Crippen molar-refractivity contribution in [3.8, 4) is 0 Å². The fourth-order valence-corrected chi connectivity index (χ4v) is 4.22. The largest absolute Gasteiger partial charge is 0.297 e. The van der Waals surface area contributed by atoms with E-state index in [1.807, 2.05) is 6.20 Å². The average molecular weight is 271 g/mol. The van der Waals surface area contributed by atoms with Gasteiger partial charge in [-0.15, -0.1) is 0 Å². The third-order valence-corrected chi connectivity index (χ3v) is 5.38. The molecule has 2 heterocycles. The maximum Gasteiger partial charge on any atom is 0.276 e.